The third-order valence-corrected chi connectivity index (χ3v) is 10.3. The molecule has 1 N–H and O–H groups in total. The largest absolute Gasteiger partial charge is 0.436 e. The average Bonchev–Trinajstić information content (AvgIpc) is 2.76. The van der Waals surface area contributed by atoms with Gasteiger partial charge >= 0.3 is 5.97 Å². The van der Waals surface area contributed by atoms with Crippen LogP contribution < -0.4 is 0 Å². The lowest BCUT2D eigenvalue weighted by atomic mass is 9.42. The second kappa shape index (κ2) is 4.75. The van der Waals surface area contributed by atoms with E-state index in [4.69, 9.17) is 9.47 Å². The highest BCUT2D eigenvalue weighted by atomic mass is 16.7. The maximum Gasteiger partial charge on any atom is 0.313 e. The first-order valence-electron chi connectivity index (χ1n) is 11.3. The van der Waals surface area contributed by atoms with Crippen molar-refractivity contribution in [3.05, 3.63) is 0 Å². The number of hydrogen-bond acceptors (Lipinski definition) is 4. The van der Waals surface area contributed by atoms with Crippen molar-refractivity contribution in [1.82, 2.24) is 0 Å². The normalized spacial score (nSPS) is 56.9. The summed E-state index contributed by atoms with van der Waals surface area (Å²) in [6.45, 7) is 7.82. The van der Waals surface area contributed by atoms with Gasteiger partial charge in [-0.2, -0.15) is 0 Å². The molecule has 6 saturated carbocycles. The molecule has 0 saturated heterocycles. The molecular weight excluding hydrogens is 340 g/mol. The molecule has 0 aliphatic heterocycles. The van der Waals surface area contributed by atoms with Crippen LogP contribution in [0, 0.1) is 46.3 Å². The smallest absolute Gasteiger partial charge is 0.313 e. The van der Waals surface area contributed by atoms with Crippen molar-refractivity contribution >= 4 is 5.97 Å². The Morgan fingerprint density at radius 3 is 2.63 bits per heavy atom. The standard InChI is InChI=1S/C23H34O4/c1-5-20(3,4)19(24)26-12(2)27-23-11-14-8-16-21(9-14)17(23)7-13-6-15(23)18(21)22(16,25)10-13/h12-18,25H,5-11H2,1-4H3. The van der Waals surface area contributed by atoms with E-state index in [9.17, 15) is 9.90 Å². The average molecular weight is 375 g/mol. The molecule has 4 nitrogen and oxygen atoms in total. The minimum absolute atomic E-state index is 0.153. The van der Waals surface area contributed by atoms with E-state index in [2.05, 4.69) is 0 Å². The third-order valence-electron chi connectivity index (χ3n) is 10.3. The summed E-state index contributed by atoms with van der Waals surface area (Å²) in [6.07, 6.45) is 7.38. The van der Waals surface area contributed by atoms with E-state index in [1.54, 1.807) is 0 Å². The first-order valence-corrected chi connectivity index (χ1v) is 11.3. The second-order valence-corrected chi connectivity index (χ2v) is 11.6. The van der Waals surface area contributed by atoms with Gasteiger partial charge in [-0.15, -0.1) is 0 Å². The summed E-state index contributed by atoms with van der Waals surface area (Å²) in [4.78, 5) is 12.6. The summed E-state index contributed by atoms with van der Waals surface area (Å²) in [6, 6.07) is 0. The van der Waals surface area contributed by atoms with Crippen molar-refractivity contribution in [2.24, 2.45) is 46.3 Å². The number of carbonyl (C=O) groups is 1. The number of fused-ring (bicyclic) bond motifs is 3. The van der Waals surface area contributed by atoms with Crippen LogP contribution in [-0.2, 0) is 14.3 Å². The van der Waals surface area contributed by atoms with Crippen LogP contribution in [-0.4, -0.2) is 28.6 Å². The minimum atomic E-state index is -0.498. The number of hydrogen-bond donors (Lipinski definition) is 1. The van der Waals surface area contributed by atoms with Gasteiger partial charge in [0.2, 0.25) is 6.29 Å². The van der Waals surface area contributed by atoms with Crippen molar-refractivity contribution in [2.75, 3.05) is 0 Å². The van der Waals surface area contributed by atoms with Crippen molar-refractivity contribution in [2.45, 2.75) is 90.1 Å². The van der Waals surface area contributed by atoms with Gasteiger partial charge in [-0.25, -0.2) is 0 Å². The lowest BCUT2D eigenvalue weighted by Gasteiger charge is -2.64. The van der Waals surface area contributed by atoms with Gasteiger partial charge in [-0.05, 0) is 107 Å². The lowest BCUT2D eigenvalue weighted by Crippen LogP contribution is -2.68. The van der Waals surface area contributed by atoms with E-state index in [0.717, 1.165) is 19.3 Å². The Morgan fingerprint density at radius 2 is 1.89 bits per heavy atom. The van der Waals surface area contributed by atoms with E-state index in [0.29, 0.717) is 40.9 Å². The van der Waals surface area contributed by atoms with E-state index in [-0.39, 0.29) is 11.6 Å². The molecule has 27 heavy (non-hydrogen) atoms. The van der Waals surface area contributed by atoms with Gasteiger partial charge < -0.3 is 14.6 Å². The predicted octanol–water partition coefficient (Wildman–Crippen LogP) is 3.90. The summed E-state index contributed by atoms with van der Waals surface area (Å²) in [5.74, 6) is 3.22. The quantitative estimate of drug-likeness (QED) is 0.586. The summed E-state index contributed by atoms with van der Waals surface area (Å²) >= 11 is 0. The lowest BCUT2D eigenvalue weighted by molar-refractivity contribution is -0.267. The topological polar surface area (TPSA) is 55.8 Å². The Balaban J connectivity index is 1.32. The Morgan fingerprint density at radius 1 is 1.15 bits per heavy atom. The molecule has 6 rings (SSSR count). The molecule has 10 unspecified atom stereocenters. The molecule has 4 heteroatoms. The zero-order valence-electron chi connectivity index (χ0n) is 17.2. The maximum absolute atomic E-state index is 12.6. The highest BCUT2D eigenvalue weighted by Crippen LogP contribution is 2.89. The van der Waals surface area contributed by atoms with Gasteiger partial charge in [0, 0.05) is 0 Å². The monoisotopic (exact) mass is 374 g/mol. The van der Waals surface area contributed by atoms with Crippen LogP contribution >= 0.6 is 0 Å². The molecule has 0 aromatic rings. The first kappa shape index (κ1) is 17.3. The van der Waals surface area contributed by atoms with Crippen molar-refractivity contribution in [1.29, 1.82) is 0 Å². The molecule has 0 radical (unpaired) electrons. The maximum atomic E-state index is 12.6. The molecule has 1 spiro atoms. The summed E-state index contributed by atoms with van der Waals surface area (Å²) in [5, 5.41) is 11.6. The number of ether oxygens (including phenoxy) is 2. The molecule has 0 amide bonds. The molecule has 0 heterocycles. The molecule has 0 aromatic heterocycles. The fourth-order valence-electron chi connectivity index (χ4n) is 9.54. The van der Waals surface area contributed by atoms with Crippen LogP contribution in [0.15, 0.2) is 0 Å². The van der Waals surface area contributed by atoms with Gasteiger partial charge in [0.25, 0.3) is 0 Å². The van der Waals surface area contributed by atoms with Crippen molar-refractivity contribution in [3.8, 4) is 0 Å². The van der Waals surface area contributed by atoms with Crippen molar-refractivity contribution in [3.63, 3.8) is 0 Å². The molecule has 150 valence electrons. The molecule has 10 atom stereocenters. The molecule has 6 aliphatic rings. The van der Waals surface area contributed by atoms with E-state index < -0.39 is 17.3 Å². The molecular formula is C23H34O4. The Bertz CT molecular complexity index is 717. The number of carbonyl (C=O) groups excluding carboxylic acids is 1. The molecule has 6 bridgehead atoms. The Hall–Kier alpha value is -0.610. The minimum Gasteiger partial charge on any atom is -0.436 e. The van der Waals surface area contributed by atoms with Crippen LogP contribution in [0.25, 0.3) is 0 Å². The van der Waals surface area contributed by atoms with Crippen LogP contribution in [0.4, 0.5) is 0 Å². The van der Waals surface area contributed by atoms with E-state index >= 15 is 0 Å². The van der Waals surface area contributed by atoms with Crippen molar-refractivity contribution < 1.29 is 19.4 Å². The summed E-state index contributed by atoms with van der Waals surface area (Å²) < 4.78 is 12.6. The van der Waals surface area contributed by atoms with E-state index in [1.165, 1.54) is 25.7 Å². The van der Waals surface area contributed by atoms with Crippen LogP contribution in [0.2, 0.25) is 0 Å². The fourth-order valence-corrected chi connectivity index (χ4v) is 9.54. The zero-order chi connectivity index (χ0) is 19.0. The summed E-state index contributed by atoms with van der Waals surface area (Å²) in [5.41, 5.74) is -0.682. The number of esters is 1. The van der Waals surface area contributed by atoms with Gasteiger partial charge in [0.05, 0.1) is 16.6 Å². The highest BCUT2D eigenvalue weighted by Gasteiger charge is 2.90. The number of rotatable bonds is 5. The van der Waals surface area contributed by atoms with Crippen LogP contribution in [0.1, 0.15) is 72.6 Å². The van der Waals surface area contributed by atoms with E-state index in [1.807, 2.05) is 27.7 Å². The van der Waals surface area contributed by atoms with Crippen LogP contribution in [0.3, 0.4) is 0 Å². The molecule has 6 fully saturated rings. The third kappa shape index (κ3) is 1.70. The van der Waals surface area contributed by atoms with Gasteiger partial charge in [-0.3, -0.25) is 4.79 Å². The van der Waals surface area contributed by atoms with Gasteiger partial charge in [0.15, 0.2) is 0 Å². The zero-order valence-corrected chi connectivity index (χ0v) is 17.2. The Labute approximate surface area is 162 Å². The van der Waals surface area contributed by atoms with Crippen LogP contribution in [0.5, 0.6) is 0 Å². The fraction of sp³-hybridized carbons (Fsp3) is 0.957. The second-order valence-electron chi connectivity index (χ2n) is 11.6. The highest BCUT2D eigenvalue weighted by molar-refractivity contribution is 5.75. The number of aliphatic hydroxyl groups is 1. The molecule has 6 aliphatic carbocycles. The van der Waals surface area contributed by atoms with Gasteiger partial charge in [-0.1, -0.05) is 6.92 Å². The summed E-state index contributed by atoms with van der Waals surface area (Å²) in [7, 11) is 0. The predicted molar refractivity (Wildman–Crippen MR) is 99.5 cm³/mol. The first-order chi connectivity index (χ1) is 12.7. The van der Waals surface area contributed by atoms with Gasteiger partial charge in [0.1, 0.15) is 0 Å². The SMILES string of the molecule is CCC(C)(C)C(=O)OC(C)OC12CC3CC4C5(O)CC6CC1C5C4(C3)C2C6. The molecule has 0 aromatic carbocycles. The Kier molecular flexibility index (Phi) is 3.04.